The number of fused-ring (bicyclic) bond motifs is 2. The highest BCUT2D eigenvalue weighted by Crippen LogP contribution is 2.33. The van der Waals surface area contributed by atoms with Gasteiger partial charge in [-0.1, -0.05) is 29.4 Å². The molecule has 4 rings (SSSR count). The van der Waals surface area contributed by atoms with Crippen molar-refractivity contribution in [3.8, 4) is 11.5 Å². The van der Waals surface area contributed by atoms with Gasteiger partial charge in [0.1, 0.15) is 0 Å². The van der Waals surface area contributed by atoms with Crippen molar-refractivity contribution < 1.29 is 14.3 Å². The molecule has 0 saturated heterocycles. The van der Waals surface area contributed by atoms with Crippen LogP contribution >= 0.6 is 23.4 Å². The molecule has 0 atom stereocenters. The van der Waals surface area contributed by atoms with Gasteiger partial charge in [-0.05, 0) is 36.4 Å². The summed E-state index contributed by atoms with van der Waals surface area (Å²) in [6, 6.07) is 10.0. The van der Waals surface area contributed by atoms with Crippen LogP contribution in [0.2, 0.25) is 5.02 Å². The zero-order chi connectivity index (χ0) is 19.7. The molecule has 1 aliphatic heterocycles. The standard InChI is InChI=1S/C20H15ClN2O4S/c1-2-7-23-19(25)14-5-4-13(21)9-15(14)22-20(23)28-10-16(24)12-3-6-17-18(8-12)27-11-26-17/h2-6,8-9H,1,7,10-11H2. The van der Waals surface area contributed by atoms with Gasteiger partial charge >= 0.3 is 0 Å². The molecule has 0 bridgehead atoms. The number of ketones is 1. The molecule has 1 aromatic heterocycles. The average Bonchev–Trinajstić information content (AvgIpc) is 3.16. The van der Waals surface area contributed by atoms with Gasteiger partial charge in [-0.15, -0.1) is 6.58 Å². The van der Waals surface area contributed by atoms with Gasteiger partial charge in [-0.2, -0.15) is 0 Å². The molecule has 0 amide bonds. The lowest BCUT2D eigenvalue weighted by molar-refractivity contribution is 0.102. The van der Waals surface area contributed by atoms with E-state index >= 15 is 0 Å². The molecule has 8 heteroatoms. The average molecular weight is 415 g/mol. The van der Waals surface area contributed by atoms with E-state index in [1.165, 1.54) is 16.3 Å². The number of hydrogen-bond acceptors (Lipinski definition) is 6. The first kappa shape index (κ1) is 18.6. The predicted octanol–water partition coefficient (Wildman–Crippen LogP) is 3.94. The number of ether oxygens (including phenoxy) is 2. The highest BCUT2D eigenvalue weighted by Gasteiger charge is 2.18. The topological polar surface area (TPSA) is 70.4 Å². The number of carbonyl (C=O) groups is 1. The van der Waals surface area contributed by atoms with Crippen molar-refractivity contribution in [2.45, 2.75) is 11.7 Å². The SMILES string of the molecule is C=CCn1c(SCC(=O)c2ccc3c(c2)OCO3)nc2cc(Cl)ccc2c1=O. The Bertz CT molecular complexity index is 1160. The summed E-state index contributed by atoms with van der Waals surface area (Å²) in [4.78, 5) is 29.9. The lowest BCUT2D eigenvalue weighted by atomic mass is 10.1. The van der Waals surface area contributed by atoms with E-state index in [0.29, 0.717) is 44.7 Å². The second-order valence-corrected chi connectivity index (χ2v) is 7.42. The van der Waals surface area contributed by atoms with Crippen LogP contribution in [0.1, 0.15) is 10.4 Å². The molecule has 0 fully saturated rings. The maximum Gasteiger partial charge on any atom is 0.262 e. The van der Waals surface area contributed by atoms with Crippen LogP contribution in [-0.2, 0) is 6.54 Å². The van der Waals surface area contributed by atoms with Crippen molar-refractivity contribution in [1.82, 2.24) is 9.55 Å². The molecule has 28 heavy (non-hydrogen) atoms. The van der Waals surface area contributed by atoms with Crippen molar-refractivity contribution in [2.75, 3.05) is 12.5 Å². The lowest BCUT2D eigenvalue weighted by Crippen LogP contribution is -2.23. The van der Waals surface area contributed by atoms with Gasteiger partial charge in [-0.3, -0.25) is 14.2 Å². The number of rotatable bonds is 6. The summed E-state index contributed by atoms with van der Waals surface area (Å²) in [5, 5.41) is 1.40. The van der Waals surface area contributed by atoms with Crippen molar-refractivity contribution in [2.24, 2.45) is 0 Å². The normalized spacial score (nSPS) is 12.3. The number of allylic oxidation sites excluding steroid dienone is 1. The van der Waals surface area contributed by atoms with Gasteiger partial charge in [0.25, 0.3) is 5.56 Å². The highest BCUT2D eigenvalue weighted by molar-refractivity contribution is 7.99. The minimum atomic E-state index is -0.195. The monoisotopic (exact) mass is 414 g/mol. The smallest absolute Gasteiger partial charge is 0.262 e. The van der Waals surface area contributed by atoms with Crippen LogP contribution < -0.4 is 15.0 Å². The maximum absolute atomic E-state index is 12.8. The molecule has 3 aromatic rings. The predicted molar refractivity (Wildman–Crippen MR) is 109 cm³/mol. The third kappa shape index (κ3) is 3.50. The van der Waals surface area contributed by atoms with Crippen LogP contribution in [0, 0.1) is 0 Å². The molecule has 6 nitrogen and oxygen atoms in total. The van der Waals surface area contributed by atoms with Gasteiger partial charge in [-0.25, -0.2) is 4.98 Å². The molecule has 0 aliphatic carbocycles. The van der Waals surface area contributed by atoms with E-state index in [1.54, 1.807) is 42.5 Å². The van der Waals surface area contributed by atoms with E-state index in [2.05, 4.69) is 11.6 Å². The van der Waals surface area contributed by atoms with Gasteiger partial charge in [0, 0.05) is 17.1 Å². The Morgan fingerprint density at radius 2 is 2.07 bits per heavy atom. The Labute approximate surface area is 169 Å². The minimum Gasteiger partial charge on any atom is -0.454 e. The Kier molecular flexibility index (Phi) is 5.11. The van der Waals surface area contributed by atoms with E-state index < -0.39 is 0 Å². The first-order chi connectivity index (χ1) is 13.6. The number of thioether (sulfide) groups is 1. The van der Waals surface area contributed by atoms with Crippen molar-refractivity contribution >= 4 is 40.0 Å². The second kappa shape index (κ2) is 7.69. The van der Waals surface area contributed by atoms with Crippen LogP contribution in [-0.4, -0.2) is 27.9 Å². The number of halogens is 1. The van der Waals surface area contributed by atoms with Crippen molar-refractivity contribution in [3.63, 3.8) is 0 Å². The molecule has 142 valence electrons. The summed E-state index contributed by atoms with van der Waals surface area (Å²) in [6.07, 6.45) is 1.62. The second-order valence-electron chi connectivity index (χ2n) is 6.04. The number of Topliss-reactive ketones (excluding diaryl/α,β-unsaturated/α-hetero) is 1. The lowest BCUT2D eigenvalue weighted by Gasteiger charge is -2.11. The Morgan fingerprint density at radius 1 is 1.25 bits per heavy atom. The Balaban J connectivity index is 1.63. The van der Waals surface area contributed by atoms with Crippen LogP contribution in [0.5, 0.6) is 11.5 Å². The number of benzene rings is 2. The maximum atomic E-state index is 12.8. The summed E-state index contributed by atoms with van der Waals surface area (Å²) in [7, 11) is 0. The van der Waals surface area contributed by atoms with E-state index in [0.717, 1.165) is 0 Å². The minimum absolute atomic E-state index is 0.103. The third-order valence-electron chi connectivity index (χ3n) is 4.22. The largest absolute Gasteiger partial charge is 0.454 e. The summed E-state index contributed by atoms with van der Waals surface area (Å²) in [6.45, 7) is 4.15. The van der Waals surface area contributed by atoms with E-state index in [4.69, 9.17) is 21.1 Å². The molecule has 2 aromatic carbocycles. The number of aromatic nitrogens is 2. The third-order valence-corrected chi connectivity index (χ3v) is 5.43. The molecule has 1 aliphatic rings. The summed E-state index contributed by atoms with van der Waals surface area (Å²) >= 11 is 7.23. The zero-order valence-electron chi connectivity index (χ0n) is 14.7. The van der Waals surface area contributed by atoms with Crippen LogP contribution in [0.25, 0.3) is 10.9 Å². The fourth-order valence-electron chi connectivity index (χ4n) is 2.86. The highest BCUT2D eigenvalue weighted by atomic mass is 35.5. The molecule has 0 radical (unpaired) electrons. The molecular formula is C20H15ClN2O4S. The van der Waals surface area contributed by atoms with Crippen molar-refractivity contribution in [3.05, 3.63) is 70.0 Å². The van der Waals surface area contributed by atoms with E-state index in [9.17, 15) is 9.59 Å². The first-order valence-electron chi connectivity index (χ1n) is 8.43. The molecule has 0 unspecified atom stereocenters. The Hall–Kier alpha value is -2.77. The molecule has 2 heterocycles. The van der Waals surface area contributed by atoms with Gasteiger partial charge in [0.15, 0.2) is 22.4 Å². The zero-order valence-corrected chi connectivity index (χ0v) is 16.3. The van der Waals surface area contributed by atoms with E-state index in [-0.39, 0.29) is 23.9 Å². The molecule has 0 saturated carbocycles. The first-order valence-corrected chi connectivity index (χ1v) is 9.80. The fraction of sp³-hybridized carbons (Fsp3) is 0.150. The quantitative estimate of drug-likeness (QED) is 0.263. The van der Waals surface area contributed by atoms with Crippen LogP contribution in [0.3, 0.4) is 0 Å². The summed E-state index contributed by atoms with van der Waals surface area (Å²) in [5.41, 5.74) is 0.814. The van der Waals surface area contributed by atoms with Crippen LogP contribution in [0.15, 0.2) is 59.0 Å². The van der Waals surface area contributed by atoms with Gasteiger partial charge < -0.3 is 9.47 Å². The van der Waals surface area contributed by atoms with E-state index in [1.807, 2.05) is 0 Å². The number of carbonyl (C=O) groups excluding carboxylic acids is 1. The molecule has 0 spiro atoms. The van der Waals surface area contributed by atoms with Crippen molar-refractivity contribution in [1.29, 1.82) is 0 Å². The molecular weight excluding hydrogens is 400 g/mol. The fourth-order valence-corrected chi connectivity index (χ4v) is 3.93. The molecule has 0 N–H and O–H groups in total. The summed E-state index contributed by atoms with van der Waals surface area (Å²) in [5.74, 6) is 1.19. The Morgan fingerprint density at radius 3 is 2.89 bits per heavy atom. The summed E-state index contributed by atoms with van der Waals surface area (Å²) < 4.78 is 12.1. The number of nitrogens with zero attached hydrogens (tertiary/aromatic N) is 2. The van der Waals surface area contributed by atoms with Crippen LogP contribution in [0.4, 0.5) is 0 Å². The van der Waals surface area contributed by atoms with Gasteiger partial charge in [0.2, 0.25) is 6.79 Å². The number of hydrogen-bond donors (Lipinski definition) is 0. The van der Waals surface area contributed by atoms with Gasteiger partial charge in [0.05, 0.1) is 16.7 Å².